The quantitative estimate of drug-likeness (QED) is 0.689. The van der Waals surface area contributed by atoms with Crippen LogP contribution < -0.4 is 5.32 Å². The normalized spacial score (nSPS) is 20.8. The van der Waals surface area contributed by atoms with Gasteiger partial charge in [-0.1, -0.05) is 0 Å². The maximum Gasteiger partial charge on any atom is 0.322 e. The van der Waals surface area contributed by atoms with Gasteiger partial charge >= 0.3 is 6.03 Å². The SMILES string of the molecule is CC1Cc2nn3c(c2CN1C(=O)Nc1ccc(F)c(Br)c1)C(=O)N(C)OC(CN(C)C)C3. The number of nitrogens with one attached hydrogen (secondary N) is 1. The number of aromatic nitrogens is 2. The highest BCUT2D eigenvalue weighted by molar-refractivity contribution is 9.10. The van der Waals surface area contributed by atoms with Crippen molar-refractivity contribution in [2.45, 2.75) is 38.6 Å². The molecule has 0 saturated carbocycles. The molecule has 1 N–H and O–H groups in total. The van der Waals surface area contributed by atoms with Crippen molar-refractivity contribution < 1.29 is 18.8 Å². The van der Waals surface area contributed by atoms with E-state index in [9.17, 15) is 14.0 Å². The molecule has 2 aromatic rings. The lowest BCUT2D eigenvalue weighted by Crippen LogP contribution is -2.45. The van der Waals surface area contributed by atoms with E-state index in [1.54, 1.807) is 16.6 Å². The number of fused-ring (bicyclic) bond motifs is 3. The van der Waals surface area contributed by atoms with E-state index in [4.69, 9.17) is 9.94 Å². The van der Waals surface area contributed by atoms with Gasteiger partial charge < -0.3 is 15.1 Å². The molecule has 172 valence electrons. The third-order valence-corrected chi connectivity index (χ3v) is 6.26. The van der Waals surface area contributed by atoms with Gasteiger partial charge in [-0.25, -0.2) is 14.2 Å². The van der Waals surface area contributed by atoms with Gasteiger partial charge in [0, 0.05) is 37.3 Å². The van der Waals surface area contributed by atoms with Gasteiger partial charge in [0.15, 0.2) is 0 Å². The molecule has 4 rings (SSSR count). The number of amides is 3. The Morgan fingerprint density at radius 1 is 1.41 bits per heavy atom. The third-order valence-electron chi connectivity index (χ3n) is 5.66. The smallest absolute Gasteiger partial charge is 0.317 e. The lowest BCUT2D eigenvalue weighted by molar-refractivity contribution is -0.152. The van der Waals surface area contributed by atoms with Gasteiger partial charge in [0.1, 0.15) is 17.6 Å². The van der Waals surface area contributed by atoms with Gasteiger partial charge in [0.2, 0.25) is 0 Å². The van der Waals surface area contributed by atoms with E-state index in [2.05, 4.69) is 21.2 Å². The number of rotatable bonds is 3. The zero-order valence-corrected chi connectivity index (χ0v) is 20.0. The highest BCUT2D eigenvalue weighted by Crippen LogP contribution is 2.29. The number of hydroxylamine groups is 2. The minimum absolute atomic E-state index is 0.118. The fourth-order valence-corrected chi connectivity index (χ4v) is 4.53. The van der Waals surface area contributed by atoms with Crippen LogP contribution in [0.25, 0.3) is 0 Å². The van der Waals surface area contributed by atoms with Crippen molar-refractivity contribution in [2.24, 2.45) is 0 Å². The summed E-state index contributed by atoms with van der Waals surface area (Å²) in [6, 6.07) is 3.86. The highest BCUT2D eigenvalue weighted by Gasteiger charge is 2.37. The number of hydrogen-bond donors (Lipinski definition) is 1. The van der Waals surface area contributed by atoms with E-state index < -0.39 is 5.82 Å². The Bertz CT molecular complexity index is 1060. The number of nitrogens with zero attached hydrogens (tertiary/aromatic N) is 5. The molecule has 0 spiro atoms. The first kappa shape index (κ1) is 22.7. The molecule has 0 bridgehead atoms. The Balaban J connectivity index is 1.60. The maximum absolute atomic E-state index is 13.5. The summed E-state index contributed by atoms with van der Waals surface area (Å²) in [5.41, 5.74) is 2.50. The van der Waals surface area contributed by atoms with Crippen LogP contribution in [-0.4, -0.2) is 76.4 Å². The Labute approximate surface area is 194 Å². The topological polar surface area (TPSA) is 82.9 Å². The van der Waals surface area contributed by atoms with Crippen LogP contribution in [0.3, 0.4) is 0 Å². The van der Waals surface area contributed by atoms with Crippen LogP contribution in [0, 0.1) is 5.82 Å². The molecule has 2 atom stereocenters. The monoisotopic (exact) mass is 508 g/mol. The number of hydrogen-bond acceptors (Lipinski definition) is 5. The number of anilines is 1. The zero-order chi connectivity index (χ0) is 23.2. The van der Waals surface area contributed by atoms with Crippen molar-refractivity contribution in [1.82, 2.24) is 24.6 Å². The van der Waals surface area contributed by atoms with E-state index in [0.717, 1.165) is 11.3 Å². The largest absolute Gasteiger partial charge is 0.322 e. The number of urea groups is 1. The molecule has 11 heteroatoms. The van der Waals surface area contributed by atoms with Gasteiger partial charge in [-0.05, 0) is 55.1 Å². The molecule has 0 fully saturated rings. The lowest BCUT2D eigenvalue weighted by Gasteiger charge is -2.33. The summed E-state index contributed by atoms with van der Waals surface area (Å²) in [6.07, 6.45) is 0.307. The summed E-state index contributed by atoms with van der Waals surface area (Å²) in [4.78, 5) is 35.6. The van der Waals surface area contributed by atoms with E-state index >= 15 is 0 Å². The van der Waals surface area contributed by atoms with Crippen LogP contribution in [0.1, 0.15) is 28.7 Å². The zero-order valence-electron chi connectivity index (χ0n) is 18.4. The summed E-state index contributed by atoms with van der Waals surface area (Å²) >= 11 is 3.13. The average Bonchev–Trinajstić information content (AvgIpc) is 2.99. The molecule has 2 unspecified atom stereocenters. The summed E-state index contributed by atoms with van der Waals surface area (Å²) in [6.45, 7) is 3.28. The van der Waals surface area contributed by atoms with Crippen LogP contribution in [0.15, 0.2) is 22.7 Å². The summed E-state index contributed by atoms with van der Waals surface area (Å²) in [5, 5.41) is 8.78. The first-order valence-corrected chi connectivity index (χ1v) is 11.1. The molecule has 0 aliphatic carbocycles. The Morgan fingerprint density at radius 2 is 2.16 bits per heavy atom. The number of carbonyl (C=O) groups is 2. The van der Waals surface area contributed by atoms with Gasteiger partial charge in [0.05, 0.1) is 23.3 Å². The Kier molecular flexibility index (Phi) is 6.24. The van der Waals surface area contributed by atoms with Crippen molar-refractivity contribution in [2.75, 3.05) is 33.0 Å². The van der Waals surface area contributed by atoms with Crippen LogP contribution in [0.5, 0.6) is 0 Å². The second-order valence-electron chi connectivity index (χ2n) is 8.49. The molecule has 9 nitrogen and oxygen atoms in total. The molecule has 2 aliphatic heterocycles. The summed E-state index contributed by atoms with van der Waals surface area (Å²) in [5.74, 6) is -0.684. The second-order valence-corrected chi connectivity index (χ2v) is 9.34. The van der Waals surface area contributed by atoms with Gasteiger partial charge in [-0.3, -0.25) is 14.3 Å². The highest BCUT2D eigenvalue weighted by atomic mass is 79.9. The molecule has 0 saturated heterocycles. The Morgan fingerprint density at radius 3 is 2.84 bits per heavy atom. The summed E-state index contributed by atoms with van der Waals surface area (Å²) < 4.78 is 15.5. The van der Waals surface area contributed by atoms with Crippen LogP contribution in [-0.2, 0) is 24.3 Å². The predicted molar refractivity (Wildman–Crippen MR) is 120 cm³/mol. The molecule has 3 amide bonds. The van der Waals surface area contributed by atoms with Crippen molar-refractivity contribution in [3.05, 3.63) is 45.4 Å². The Hall–Kier alpha value is -2.50. The van der Waals surface area contributed by atoms with E-state index in [0.29, 0.717) is 30.9 Å². The lowest BCUT2D eigenvalue weighted by atomic mass is 9.99. The number of halogens is 2. The van der Waals surface area contributed by atoms with Gasteiger partial charge in [0.25, 0.3) is 5.91 Å². The molecular formula is C21H26BrFN6O3. The second kappa shape index (κ2) is 8.80. The van der Waals surface area contributed by atoms with Crippen LogP contribution in [0.2, 0.25) is 0 Å². The first-order chi connectivity index (χ1) is 15.1. The van der Waals surface area contributed by atoms with Gasteiger partial charge in [-0.2, -0.15) is 5.10 Å². The van der Waals surface area contributed by atoms with E-state index in [1.165, 1.54) is 23.3 Å². The van der Waals surface area contributed by atoms with Crippen molar-refractivity contribution in [1.29, 1.82) is 0 Å². The van der Waals surface area contributed by atoms with E-state index in [-0.39, 0.29) is 35.1 Å². The molecule has 1 aromatic heterocycles. The first-order valence-electron chi connectivity index (χ1n) is 10.3. The third kappa shape index (κ3) is 4.37. The van der Waals surface area contributed by atoms with Gasteiger partial charge in [-0.15, -0.1) is 0 Å². The molecule has 1 aromatic carbocycles. The molecule has 3 heterocycles. The van der Waals surface area contributed by atoms with Crippen molar-refractivity contribution in [3.8, 4) is 0 Å². The van der Waals surface area contributed by atoms with E-state index in [1.807, 2.05) is 25.9 Å². The molecular weight excluding hydrogens is 483 g/mol. The standard InChI is InChI=1S/C21H26BrFN6O3/c1-12-7-18-15(11-28(12)21(31)24-13-5-6-17(23)16(22)8-13)19-20(30)27(4)32-14(9-26(2)3)10-29(19)25-18/h5-6,8,12,14H,7,9-11H2,1-4H3,(H,24,31). The fourth-order valence-electron chi connectivity index (χ4n) is 4.15. The molecule has 2 aliphatic rings. The maximum atomic E-state index is 13.5. The number of carbonyl (C=O) groups excluding carboxylic acids is 2. The molecule has 32 heavy (non-hydrogen) atoms. The number of benzene rings is 1. The minimum Gasteiger partial charge on any atom is -0.317 e. The van der Waals surface area contributed by atoms with Crippen molar-refractivity contribution >= 4 is 33.6 Å². The predicted octanol–water partition coefficient (Wildman–Crippen LogP) is 2.71. The van der Waals surface area contributed by atoms with Crippen LogP contribution in [0.4, 0.5) is 14.9 Å². The number of likely N-dealkylation sites (N-methyl/N-ethyl adjacent to an activating group) is 1. The molecule has 0 radical (unpaired) electrons. The minimum atomic E-state index is -0.404. The van der Waals surface area contributed by atoms with Crippen LogP contribution >= 0.6 is 15.9 Å². The summed E-state index contributed by atoms with van der Waals surface area (Å²) in [7, 11) is 5.49. The fraction of sp³-hybridized carbons (Fsp3) is 0.476. The van der Waals surface area contributed by atoms with Crippen molar-refractivity contribution in [3.63, 3.8) is 0 Å². The average molecular weight is 509 g/mol.